The van der Waals surface area contributed by atoms with Crippen molar-refractivity contribution in [3.8, 4) is 0 Å². The molecule has 94 valence electrons. The number of hydrogen-bond acceptors (Lipinski definition) is 4. The summed E-state index contributed by atoms with van der Waals surface area (Å²) < 4.78 is 0. The highest BCUT2D eigenvalue weighted by molar-refractivity contribution is 5.64. The SMILES string of the molecule is Cc1ccnc(NCC2(O)CCCCC2)c1N. The predicted octanol–water partition coefficient (Wildman–Crippen LogP) is 2.08. The smallest absolute Gasteiger partial charge is 0.149 e. The second-order valence-electron chi connectivity index (χ2n) is 5.03. The lowest BCUT2D eigenvalue weighted by Gasteiger charge is -2.32. The monoisotopic (exact) mass is 235 g/mol. The van der Waals surface area contributed by atoms with Crippen LogP contribution in [0.3, 0.4) is 0 Å². The fraction of sp³-hybridized carbons (Fsp3) is 0.615. The van der Waals surface area contributed by atoms with Crippen LogP contribution in [0.15, 0.2) is 12.3 Å². The lowest BCUT2D eigenvalue weighted by Crippen LogP contribution is -2.39. The van der Waals surface area contributed by atoms with Gasteiger partial charge in [-0.15, -0.1) is 0 Å². The van der Waals surface area contributed by atoms with Crippen molar-refractivity contribution in [3.05, 3.63) is 17.8 Å². The molecule has 1 aliphatic rings. The summed E-state index contributed by atoms with van der Waals surface area (Å²) in [6.07, 6.45) is 6.91. The van der Waals surface area contributed by atoms with Gasteiger partial charge in [-0.25, -0.2) is 4.98 Å². The van der Waals surface area contributed by atoms with E-state index in [4.69, 9.17) is 5.73 Å². The fourth-order valence-corrected chi connectivity index (χ4v) is 2.35. The minimum atomic E-state index is -0.587. The minimum Gasteiger partial charge on any atom is -0.396 e. The Morgan fingerprint density at radius 1 is 1.41 bits per heavy atom. The summed E-state index contributed by atoms with van der Waals surface area (Å²) in [5.74, 6) is 0.684. The van der Waals surface area contributed by atoms with Crippen molar-refractivity contribution in [2.45, 2.75) is 44.6 Å². The van der Waals surface area contributed by atoms with Gasteiger partial charge in [-0.3, -0.25) is 0 Å². The van der Waals surface area contributed by atoms with Crippen molar-refractivity contribution in [3.63, 3.8) is 0 Å². The summed E-state index contributed by atoms with van der Waals surface area (Å²) >= 11 is 0. The molecule has 0 bridgehead atoms. The Kier molecular flexibility index (Phi) is 3.52. The van der Waals surface area contributed by atoms with Crippen LogP contribution < -0.4 is 11.1 Å². The second kappa shape index (κ2) is 4.92. The zero-order valence-corrected chi connectivity index (χ0v) is 10.4. The van der Waals surface area contributed by atoms with Crippen LogP contribution in [0.4, 0.5) is 11.5 Å². The summed E-state index contributed by atoms with van der Waals surface area (Å²) in [7, 11) is 0. The van der Waals surface area contributed by atoms with Crippen molar-refractivity contribution >= 4 is 11.5 Å². The van der Waals surface area contributed by atoms with Gasteiger partial charge in [0.25, 0.3) is 0 Å². The zero-order valence-electron chi connectivity index (χ0n) is 10.4. The Labute approximate surface area is 102 Å². The number of pyridine rings is 1. The fourth-order valence-electron chi connectivity index (χ4n) is 2.35. The van der Waals surface area contributed by atoms with E-state index in [9.17, 15) is 5.11 Å². The highest BCUT2D eigenvalue weighted by Crippen LogP contribution is 2.29. The van der Waals surface area contributed by atoms with Crippen molar-refractivity contribution in [2.75, 3.05) is 17.6 Å². The van der Waals surface area contributed by atoms with Gasteiger partial charge in [-0.1, -0.05) is 19.3 Å². The van der Waals surface area contributed by atoms with Crippen LogP contribution in [0.5, 0.6) is 0 Å². The van der Waals surface area contributed by atoms with E-state index in [0.29, 0.717) is 18.1 Å². The number of rotatable bonds is 3. The molecule has 1 fully saturated rings. The molecule has 1 aromatic heterocycles. The molecule has 0 spiro atoms. The Bertz CT molecular complexity index is 386. The van der Waals surface area contributed by atoms with Gasteiger partial charge in [0.05, 0.1) is 11.3 Å². The maximum absolute atomic E-state index is 10.4. The predicted molar refractivity (Wildman–Crippen MR) is 69.9 cm³/mol. The van der Waals surface area contributed by atoms with Crippen LogP contribution in [0.1, 0.15) is 37.7 Å². The molecule has 4 N–H and O–H groups in total. The highest BCUT2D eigenvalue weighted by atomic mass is 16.3. The molecule has 1 aliphatic carbocycles. The molecule has 0 unspecified atom stereocenters. The van der Waals surface area contributed by atoms with Crippen LogP contribution in [-0.4, -0.2) is 22.2 Å². The van der Waals surface area contributed by atoms with E-state index in [2.05, 4.69) is 10.3 Å². The average Bonchev–Trinajstić information content (AvgIpc) is 2.32. The van der Waals surface area contributed by atoms with E-state index >= 15 is 0 Å². The van der Waals surface area contributed by atoms with E-state index in [0.717, 1.165) is 31.2 Å². The third kappa shape index (κ3) is 2.88. The van der Waals surface area contributed by atoms with Crippen LogP contribution in [0.25, 0.3) is 0 Å². The standard InChI is InChI=1S/C13H21N3O/c1-10-5-8-15-12(11(10)14)16-9-13(17)6-3-2-4-7-13/h5,8,17H,2-4,6-7,9,14H2,1H3,(H,15,16). The van der Waals surface area contributed by atoms with Crippen LogP contribution in [-0.2, 0) is 0 Å². The summed E-state index contributed by atoms with van der Waals surface area (Å²) in [4.78, 5) is 4.21. The molecule has 4 heteroatoms. The molecule has 0 aromatic carbocycles. The third-order valence-electron chi connectivity index (χ3n) is 3.58. The second-order valence-corrected chi connectivity index (χ2v) is 5.03. The molecule has 0 atom stereocenters. The van der Waals surface area contributed by atoms with Gasteiger partial charge >= 0.3 is 0 Å². The van der Waals surface area contributed by atoms with Crippen LogP contribution in [0.2, 0.25) is 0 Å². The Hall–Kier alpha value is -1.29. The normalized spacial score (nSPS) is 18.9. The molecule has 0 saturated heterocycles. The maximum Gasteiger partial charge on any atom is 0.149 e. The van der Waals surface area contributed by atoms with Gasteiger partial charge in [-0.2, -0.15) is 0 Å². The number of anilines is 2. The molecule has 17 heavy (non-hydrogen) atoms. The number of nitrogens with two attached hydrogens (primary N) is 1. The summed E-state index contributed by atoms with van der Waals surface area (Å²) in [6.45, 7) is 2.49. The van der Waals surface area contributed by atoms with Crippen LogP contribution in [0, 0.1) is 6.92 Å². The molecular formula is C13H21N3O. The first-order valence-corrected chi connectivity index (χ1v) is 6.28. The largest absolute Gasteiger partial charge is 0.396 e. The number of aliphatic hydroxyl groups is 1. The number of nitrogens with one attached hydrogen (secondary N) is 1. The number of aromatic nitrogens is 1. The summed E-state index contributed by atoms with van der Waals surface area (Å²) in [6, 6.07) is 1.88. The Morgan fingerprint density at radius 2 is 2.12 bits per heavy atom. The number of nitrogens with zero attached hydrogens (tertiary/aromatic N) is 1. The quantitative estimate of drug-likeness (QED) is 0.750. The minimum absolute atomic E-state index is 0.535. The van der Waals surface area contributed by atoms with Crippen molar-refractivity contribution in [1.29, 1.82) is 0 Å². The van der Waals surface area contributed by atoms with E-state index in [1.807, 2.05) is 13.0 Å². The molecule has 0 radical (unpaired) electrons. The molecule has 1 heterocycles. The molecule has 2 rings (SSSR count). The van der Waals surface area contributed by atoms with Gasteiger partial charge in [0.2, 0.25) is 0 Å². The van der Waals surface area contributed by atoms with E-state index in [-0.39, 0.29) is 0 Å². The average molecular weight is 235 g/mol. The van der Waals surface area contributed by atoms with E-state index in [1.165, 1.54) is 6.42 Å². The van der Waals surface area contributed by atoms with Gasteiger partial charge < -0.3 is 16.2 Å². The first-order chi connectivity index (χ1) is 8.11. The van der Waals surface area contributed by atoms with E-state index in [1.54, 1.807) is 6.20 Å². The first kappa shape index (κ1) is 12.2. The number of nitrogen functional groups attached to an aromatic ring is 1. The van der Waals surface area contributed by atoms with Crippen molar-refractivity contribution < 1.29 is 5.11 Å². The van der Waals surface area contributed by atoms with Crippen molar-refractivity contribution in [2.24, 2.45) is 0 Å². The Balaban J connectivity index is 1.99. The summed E-state index contributed by atoms with van der Waals surface area (Å²) in [5, 5.41) is 13.5. The van der Waals surface area contributed by atoms with Gasteiger partial charge in [0.15, 0.2) is 0 Å². The Morgan fingerprint density at radius 3 is 2.82 bits per heavy atom. The van der Waals surface area contributed by atoms with Crippen LogP contribution >= 0.6 is 0 Å². The molecule has 0 amide bonds. The lowest BCUT2D eigenvalue weighted by molar-refractivity contribution is 0.0167. The summed E-state index contributed by atoms with van der Waals surface area (Å²) in [5.41, 5.74) is 7.03. The molecule has 0 aliphatic heterocycles. The highest BCUT2D eigenvalue weighted by Gasteiger charge is 2.29. The van der Waals surface area contributed by atoms with Gasteiger partial charge in [0, 0.05) is 12.7 Å². The molecular weight excluding hydrogens is 214 g/mol. The number of hydrogen-bond donors (Lipinski definition) is 3. The maximum atomic E-state index is 10.4. The molecule has 4 nitrogen and oxygen atoms in total. The topological polar surface area (TPSA) is 71.2 Å². The first-order valence-electron chi connectivity index (χ1n) is 6.28. The van der Waals surface area contributed by atoms with Crippen molar-refractivity contribution in [1.82, 2.24) is 4.98 Å². The molecule has 1 saturated carbocycles. The molecule has 1 aromatic rings. The van der Waals surface area contributed by atoms with E-state index < -0.39 is 5.60 Å². The number of aryl methyl sites for hydroxylation is 1. The zero-order chi connectivity index (χ0) is 12.3. The lowest BCUT2D eigenvalue weighted by atomic mass is 9.85. The van der Waals surface area contributed by atoms with Gasteiger partial charge in [-0.05, 0) is 31.4 Å². The van der Waals surface area contributed by atoms with Gasteiger partial charge in [0.1, 0.15) is 5.82 Å². The third-order valence-corrected chi connectivity index (χ3v) is 3.58.